The number of hydrogen-bond donors (Lipinski definition) is 1. The van der Waals surface area contributed by atoms with E-state index < -0.39 is 0 Å². The maximum absolute atomic E-state index is 3.51. The van der Waals surface area contributed by atoms with Crippen LogP contribution in [0.5, 0.6) is 0 Å². The van der Waals surface area contributed by atoms with E-state index in [1.807, 2.05) is 11.3 Å². The van der Waals surface area contributed by atoms with Crippen molar-refractivity contribution >= 4 is 27.3 Å². The smallest absolute Gasteiger partial charge is 0.0331 e. The lowest BCUT2D eigenvalue weighted by molar-refractivity contribution is 0.213. The maximum atomic E-state index is 3.51. The van der Waals surface area contributed by atoms with Crippen LogP contribution in [0.2, 0.25) is 0 Å². The third-order valence-corrected chi connectivity index (χ3v) is 4.60. The number of nitrogens with one attached hydrogen (secondary N) is 1. The molecule has 0 radical (unpaired) electrons. The van der Waals surface area contributed by atoms with Crippen molar-refractivity contribution < 1.29 is 0 Å². The van der Waals surface area contributed by atoms with Crippen LogP contribution in [-0.4, -0.2) is 30.6 Å². The summed E-state index contributed by atoms with van der Waals surface area (Å²) in [7, 11) is 0. The SMILES string of the molecule is CC1CCNCCN1Cc1cc(Br)cs1. The Morgan fingerprint density at radius 2 is 2.47 bits per heavy atom. The van der Waals surface area contributed by atoms with Gasteiger partial charge in [-0.15, -0.1) is 11.3 Å². The van der Waals surface area contributed by atoms with Crippen LogP contribution >= 0.6 is 27.3 Å². The molecule has 1 aliphatic rings. The lowest BCUT2D eigenvalue weighted by atomic mass is 10.2. The lowest BCUT2D eigenvalue weighted by Gasteiger charge is -2.25. The van der Waals surface area contributed by atoms with Gasteiger partial charge in [-0.2, -0.15) is 0 Å². The molecular weight excluding hydrogens is 272 g/mol. The van der Waals surface area contributed by atoms with E-state index in [-0.39, 0.29) is 0 Å². The molecule has 0 saturated carbocycles. The van der Waals surface area contributed by atoms with E-state index in [2.05, 4.69) is 44.5 Å². The summed E-state index contributed by atoms with van der Waals surface area (Å²) in [5.74, 6) is 0. The Labute approximate surface area is 104 Å². The Bertz CT molecular complexity index is 313. The Morgan fingerprint density at radius 3 is 3.20 bits per heavy atom. The van der Waals surface area contributed by atoms with Gasteiger partial charge in [0, 0.05) is 40.4 Å². The quantitative estimate of drug-likeness (QED) is 0.900. The molecule has 1 unspecified atom stereocenters. The summed E-state index contributed by atoms with van der Waals surface area (Å²) >= 11 is 5.35. The molecule has 2 nitrogen and oxygen atoms in total. The summed E-state index contributed by atoms with van der Waals surface area (Å²) < 4.78 is 1.21. The van der Waals surface area contributed by atoms with E-state index in [9.17, 15) is 0 Å². The minimum absolute atomic E-state index is 0.695. The van der Waals surface area contributed by atoms with Gasteiger partial charge >= 0.3 is 0 Å². The first-order valence-electron chi connectivity index (χ1n) is 5.43. The van der Waals surface area contributed by atoms with Crippen molar-refractivity contribution in [3.63, 3.8) is 0 Å². The molecular formula is C11H17BrN2S. The standard InChI is InChI=1S/C11H17BrN2S/c1-9-2-3-13-4-5-14(9)7-11-6-10(12)8-15-11/h6,8-9,13H,2-5,7H2,1H3. The van der Waals surface area contributed by atoms with Crippen LogP contribution in [0, 0.1) is 0 Å². The van der Waals surface area contributed by atoms with Gasteiger partial charge in [0.2, 0.25) is 0 Å². The van der Waals surface area contributed by atoms with Gasteiger partial charge in [-0.3, -0.25) is 4.90 Å². The minimum Gasteiger partial charge on any atom is -0.315 e. The Hall–Kier alpha value is 0.1000. The summed E-state index contributed by atoms with van der Waals surface area (Å²) in [5, 5.41) is 5.61. The Morgan fingerprint density at radius 1 is 1.60 bits per heavy atom. The summed E-state index contributed by atoms with van der Waals surface area (Å²) in [6.07, 6.45) is 1.26. The molecule has 1 aromatic rings. The summed E-state index contributed by atoms with van der Waals surface area (Å²) in [4.78, 5) is 4.02. The van der Waals surface area contributed by atoms with Crippen LogP contribution in [0.4, 0.5) is 0 Å². The fraction of sp³-hybridized carbons (Fsp3) is 0.636. The average molecular weight is 289 g/mol. The van der Waals surface area contributed by atoms with Gasteiger partial charge < -0.3 is 5.32 Å². The monoisotopic (exact) mass is 288 g/mol. The second-order valence-corrected chi connectivity index (χ2v) is 6.00. The van der Waals surface area contributed by atoms with E-state index in [0.717, 1.165) is 26.2 Å². The Balaban J connectivity index is 1.97. The first-order chi connectivity index (χ1) is 7.25. The molecule has 0 spiro atoms. The second kappa shape index (κ2) is 5.43. The zero-order chi connectivity index (χ0) is 10.7. The minimum atomic E-state index is 0.695. The van der Waals surface area contributed by atoms with Crippen molar-refractivity contribution in [1.29, 1.82) is 0 Å². The normalized spacial score (nSPS) is 24.0. The number of halogens is 1. The first-order valence-corrected chi connectivity index (χ1v) is 7.10. The predicted molar refractivity (Wildman–Crippen MR) is 69.4 cm³/mol. The van der Waals surface area contributed by atoms with Gasteiger partial charge in [-0.1, -0.05) is 0 Å². The maximum Gasteiger partial charge on any atom is 0.0331 e. The molecule has 2 rings (SSSR count). The molecule has 0 bridgehead atoms. The molecule has 1 saturated heterocycles. The van der Waals surface area contributed by atoms with Gasteiger partial charge in [-0.25, -0.2) is 0 Å². The molecule has 1 aromatic heterocycles. The molecule has 0 aliphatic carbocycles. The molecule has 1 aliphatic heterocycles. The summed E-state index contributed by atoms with van der Waals surface area (Å²) in [6, 6.07) is 2.93. The highest BCUT2D eigenvalue weighted by Crippen LogP contribution is 2.22. The predicted octanol–water partition coefficient (Wildman–Crippen LogP) is 2.69. The lowest BCUT2D eigenvalue weighted by Crippen LogP contribution is -2.33. The van der Waals surface area contributed by atoms with Gasteiger partial charge in [-0.05, 0) is 41.9 Å². The van der Waals surface area contributed by atoms with E-state index >= 15 is 0 Å². The van der Waals surface area contributed by atoms with Crippen molar-refractivity contribution in [3.05, 3.63) is 20.8 Å². The highest BCUT2D eigenvalue weighted by atomic mass is 79.9. The van der Waals surface area contributed by atoms with Crippen LogP contribution < -0.4 is 5.32 Å². The molecule has 15 heavy (non-hydrogen) atoms. The fourth-order valence-corrected chi connectivity index (χ4v) is 3.41. The van der Waals surface area contributed by atoms with Crippen LogP contribution in [0.3, 0.4) is 0 Å². The van der Waals surface area contributed by atoms with Crippen LogP contribution in [0.1, 0.15) is 18.2 Å². The third kappa shape index (κ3) is 3.28. The van der Waals surface area contributed by atoms with Crippen molar-refractivity contribution in [3.8, 4) is 0 Å². The largest absolute Gasteiger partial charge is 0.315 e. The fourth-order valence-electron chi connectivity index (χ4n) is 1.93. The second-order valence-electron chi connectivity index (χ2n) is 4.09. The first kappa shape index (κ1) is 11.6. The highest BCUT2D eigenvalue weighted by Gasteiger charge is 2.16. The van der Waals surface area contributed by atoms with E-state index in [4.69, 9.17) is 0 Å². The van der Waals surface area contributed by atoms with Gasteiger partial charge in [0.25, 0.3) is 0 Å². The number of hydrogen-bond acceptors (Lipinski definition) is 3. The van der Waals surface area contributed by atoms with Crippen LogP contribution in [-0.2, 0) is 6.54 Å². The highest BCUT2D eigenvalue weighted by molar-refractivity contribution is 9.10. The third-order valence-electron chi connectivity index (χ3n) is 2.92. The molecule has 1 N–H and O–H groups in total. The molecule has 4 heteroatoms. The topological polar surface area (TPSA) is 15.3 Å². The van der Waals surface area contributed by atoms with Gasteiger partial charge in [0.05, 0.1) is 0 Å². The average Bonchev–Trinajstić information content (AvgIpc) is 2.50. The molecule has 0 amide bonds. The number of rotatable bonds is 2. The molecule has 1 atom stereocenters. The van der Waals surface area contributed by atoms with Crippen molar-refractivity contribution in [2.24, 2.45) is 0 Å². The van der Waals surface area contributed by atoms with E-state index in [1.165, 1.54) is 15.8 Å². The zero-order valence-electron chi connectivity index (χ0n) is 9.00. The van der Waals surface area contributed by atoms with Crippen molar-refractivity contribution in [2.45, 2.75) is 25.9 Å². The molecule has 84 valence electrons. The van der Waals surface area contributed by atoms with Gasteiger partial charge in [0.1, 0.15) is 0 Å². The van der Waals surface area contributed by atoms with Gasteiger partial charge in [0.15, 0.2) is 0 Å². The summed E-state index contributed by atoms with van der Waals surface area (Å²) in [6.45, 7) is 6.87. The van der Waals surface area contributed by atoms with E-state index in [0.29, 0.717) is 6.04 Å². The van der Waals surface area contributed by atoms with E-state index in [1.54, 1.807) is 0 Å². The van der Waals surface area contributed by atoms with Crippen molar-refractivity contribution in [1.82, 2.24) is 10.2 Å². The molecule has 1 fully saturated rings. The number of nitrogens with zero attached hydrogens (tertiary/aromatic N) is 1. The number of thiophene rings is 1. The molecule has 0 aromatic carbocycles. The van der Waals surface area contributed by atoms with Crippen LogP contribution in [0.25, 0.3) is 0 Å². The zero-order valence-corrected chi connectivity index (χ0v) is 11.4. The van der Waals surface area contributed by atoms with Crippen molar-refractivity contribution in [2.75, 3.05) is 19.6 Å². The van der Waals surface area contributed by atoms with Crippen LogP contribution in [0.15, 0.2) is 15.9 Å². The Kier molecular flexibility index (Phi) is 4.20. The summed E-state index contributed by atoms with van der Waals surface area (Å²) in [5.41, 5.74) is 0. The molecule has 2 heterocycles.